The zero-order valence-corrected chi connectivity index (χ0v) is 11.4. The molecule has 1 rings (SSSR count). The summed E-state index contributed by atoms with van der Waals surface area (Å²) < 4.78 is 4.81. The lowest BCUT2D eigenvalue weighted by molar-refractivity contribution is -0.143. The number of nitrogens with one attached hydrogen (secondary N) is 1. The Morgan fingerprint density at radius 1 is 1.47 bits per heavy atom. The van der Waals surface area contributed by atoms with E-state index < -0.39 is 0 Å². The maximum absolute atomic E-state index is 11.6. The first-order chi connectivity index (χ1) is 8.17. The van der Waals surface area contributed by atoms with Crippen molar-refractivity contribution in [2.75, 3.05) is 33.8 Å². The highest BCUT2D eigenvalue weighted by molar-refractivity contribution is 5.75. The molecule has 0 spiro atoms. The first-order valence-corrected chi connectivity index (χ1v) is 6.67. The summed E-state index contributed by atoms with van der Waals surface area (Å²) in [6.45, 7) is 4.62. The van der Waals surface area contributed by atoms with Crippen LogP contribution in [0.2, 0.25) is 0 Å². The van der Waals surface area contributed by atoms with Crippen LogP contribution in [0, 0.1) is 5.92 Å². The van der Waals surface area contributed by atoms with Gasteiger partial charge in [-0.05, 0) is 32.4 Å². The number of rotatable bonds is 7. The van der Waals surface area contributed by atoms with E-state index in [1.165, 1.54) is 32.8 Å². The molecule has 1 saturated carbocycles. The molecule has 0 aliphatic heterocycles. The molecule has 0 bridgehead atoms. The molecule has 0 radical (unpaired) electrons. The topological polar surface area (TPSA) is 41.6 Å². The number of ether oxygens (including phenoxy) is 1. The standard InChI is InChI=1S/C13H26N2O2/c1-4-14-12(13(16)17-3)10-15(2)9-11-7-5-6-8-11/h11-12,14H,4-10H2,1-3H3. The van der Waals surface area contributed by atoms with Crippen molar-refractivity contribution in [1.82, 2.24) is 10.2 Å². The van der Waals surface area contributed by atoms with Crippen molar-refractivity contribution in [3.63, 3.8) is 0 Å². The highest BCUT2D eigenvalue weighted by Crippen LogP contribution is 2.25. The second-order valence-corrected chi connectivity index (χ2v) is 5.01. The lowest BCUT2D eigenvalue weighted by Crippen LogP contribution is -2.46. The molecule has 4 nitrogen and oxygen atoms in total. The van der Waals surface area contributed by atoms with Gasteiger partial charge in [-0.15, -0.1) is 0 Å². The van der Waals surface area contributed by atoms with Crippen LogP contribution in [0.15, 0.2) is 0 Å². The molecular weight excluding hydrogens is 216 g/mol. The fraction of sp³-hybridized carbons (Fsp3) is 0.923. The zero-order valence-electron chi connectivity index (χ0n) is 11.4. The summed E-state index contributed by atoms with van der Waals surface area (Å²) in [5.41, 5.74) is 0. The van der Waals surface area contributed by atoms with Gasteiger partial charge < -0.3 is 15.0 Å². The van der Waals surface area contributed by atoms with E-state index in [0.717, 1.165) is 25.6 Å². The molecule has 100 valence electrons. The van der Waals surface area contributed by atoms with Crippen molar-refractivity contribution in [3.8, 4) is 0 Å². The Morgan fingerprint density at radius 3 is 2.65 bits per heavy atom. The minimum Gasteiger partial charge on any atom is -0.468 e. The van der Waals surface area contributed by atoms with Gasteiger partial charge >= 0.3 is 5.97 Å². The molecule has 1 fully saturated rings. The Balaban J connectivity index is 2.34. The molecule has 0 aromatic heterocycles. The summed E-state index contributed by atoms with van der Waals surface area (Å²) in [7, 11) is 3.54. The van der Waals surface area contributed by atoms with Crippen LogP contribution in [-0.2, 0) is 9.53 Å². The fourth-order valence-electron chi connectivity index (χ4n) is 2.63. The highest BCUT2D eigenvalue weighted by atomic mass is 16.5. The third kappa shape index (κ3) is 5.04. The van der Waals surface area contributed by atoms with Crippen LogP contribution in [0.4, 0.5) is 0 Å². The molecule has 0 saturated heterocycles. The smallest absolute Gasteiger partial charge is 0.324 e. The van der Waals surface area contributed by atoms with Crippen molar-refractivity contribution in [1.29, 1.82) is 0 Å². The number of esters is 1. The lowest BCUT2D eigenvalue weighted by atomic mass is 10.1. The van der Waals surface area contributed by atoms with Crippen molar-refractivity contribution in [2.45, 2.75) is 38.6 Å². The van der Waals surface area contributed by atoms with Crippen molar-refractivity contribution in [2.24, 2.45) is 5.92 Å². The number of carbonyl (C=O) groups excluding carboxylic acids is 1. The summed E-state index contributed by atoms with van der Waals surface area (Å²) in [5.74, 6) is 0.657. The number of hydrogen-bond acceptors (Lipinski definition) is 4. The second kappa shape index (κ2) is 7.67. The molecule has 1 unspecified atom stereocenters. The maximum Gasteiger partial charge on any atom is 0.324 e. The van der Waals surface area contributed by atoms with Gasteiger partial charge in [-0.1, -0.05) is 19.8 Å². The first-order valence-electron chi connectivity index (χ1n) is 6.67. The van der Waals surface area contributed by atoms with Crippen LogP contribution in [-0.4, -0.2) is 50.7 Å². The monoisotopic (exact) mass is 242 g/mol. The fourth-order valence-corrected chi connectivity index (χ4v) is 2.63. The van der Waals surface area contributed by atoms with Gasteiger partial charge in [-0.25, -0.2) is 0 Å². The van der Waals surface area contributed by atoms with Crippen LogP contribution in [0.1, 0.15) is 32.6 Å². The molecule has 0 heterocycles. The Hall–Kier alpha value is -0.610. The number of hydrogen-bond donors (Lipinski definition) is 1. The van der Waals surface area contributed by atoms with Gasteiger partial charge in [0.1, 0.15) is 6.04 Å². The van der Waals surface area contributed by atoms with Crippen molar-refractivity contribution >= 4 is 5.97 Å². The summed E-state index contributed by atoms with van der Waals surface area (Å²) in [4.78, 5) is 13.8. The van der Waals surface area contributed by atoms with Gasteiger partial charge in [0.15, 0.2) is 0 Å². The molecule has 0 amide bonds. The Morgan fingerprint density at radius 2 is 2.12 bits per heavy atom. The van der Waals surface area contributed by atoms with E-state index in [0.29, 0.717) is 0 Å². The summed E-state index contributed by atoms with van der Waals surface area (Å²) in [5, 5.41) is 3.17. The lowest BCUT2D eigenvalue weighted by Gasteiger charge is -2.25. The molecule has 1 N–H and O–H groups in total. The van der Waals surface area contributed by atoms with E-state index in [2.05, 4.69) is 17.3 Å². The number of nitrogens with zero attached hydrogens (tertiary/aromatic N) is 1. The second-order valence-electron chi connectivity index (χ2n) is 5.01. The normalized spacial score (nSPS) is 18.6. The number of methoxy groups -OCH3 is 1. The zero-order chi connectivity index (χ0) is 12.7. The van der Waals surface area contributed by atoms with Crippen LogP contribution >= 0.6 is 0 Å². The van der Waals surface area contributed by atoms with E-state index in [-0.39, 0.29) is 12.0 Å². The SMILES string of the molecule is CCNC(CN(C)CC1CCCC1)C(=O)OC. The average molecular weight is 242 g/mol. The van der Waals surface area contributed by atoms with E-state index in [1.807, 2.05) is 6.92 Å². The highest BCUT2D eigenvalue weighted by Gasteiger charge is 2.22. The predicted octanol–water partition coefficient (Wildman–Crippen LogP) is 1.26. The quantitative estimate of drug-likeness (QED) is 0.682. The minimum absolute atomic E-state index is 0.162. The summed E-state index contributed by atoms with van der Waals surface area (Å²) in [6.07, 6.45) is 5.42. The third-order valence-electron chi connectivity index (χ3n) is 3.48. The largest absolute Gasteiger partial charge is 0.468 e. The van der Waals surface area contributed by atoms with E-state index in [4.69, 9.17) is 4.74 Å². The number of likely N-dealkylation sites (N-methyl/N-ethyl adjacent to an activating group) is 2. The Kier molecular flexibility index (Phi) is 6.52. The van der Waals surface area contributed by atoms with Gasteiger partial charge in [0.05, 0.1) is 7.11 Å². The molecule has 0 aromatic carbocycles. The van der Waals surface area contributed by atoms with Crippen LogP contribution in [0.25, 0.3) is 0 Å². The predicted molar refractivity (Wildman–Crippen MR) is 68.9 cm³/mol. The van der Waals surface area contributed by atoms with E-state index in [9.17, 15) is 4.79 Å². The molecule has 1 aliphatic rings. The van der Waals surface area contributed by atoms with Gasteiger partial charge in [0.2, 0.25) is 0 Å². The summed E-state index contributed by atoms with van der Waals surface area (Å²) in [6, 6.07) is -0.198. The maximum atomic E-state index is 11.6. The van der Waals surface area contributed by atoms with Crippen molar-refractivity contribution < 1.29 is 9.53 Å². The van der Waals surface area contributed by atoms with E-state index in [1.54, 1.807) is 0 Å². The molecule has 17 heavy (non-hydrogen) atoms. The van der Waals surface area contributed by atoms with Gasteiger partial charge in [0, 0.05) is 13.1 Å². The Labute approximate surface area is 105 Å². The molecule has 4 heteroatoms. The molecule has 1 aliphatic carbocycles. The van der Waals surface area contributed by atoms with Crippen molar-refractivity contribution in [3.05, 3.63) is 0 Å². The molecule has 1 atom stereocenters. The van der Waals surface area contributed by atoms with Gasteiger partial charge in [-0.3, -0.25) is 4.79 Å². The third-order valence-corrected chi connectivity index (χ3v) is 3.48. The van der Waals surface area contributed by atoms with Gasteiger partial charge in [0.25, 0.3) is 0 Å². The van der Waals surface area contributed by atoms with E-state index >= 15 is 0 Å². The Bertz CT molecular complexity index is 227. The van der Waals surface area contributed by atoms with Crippen LogP contribution in [0.5, 0.6) is 0 Å². The molecule has 0 aromatic rings. The van der Waals surface area contributed by atoms with Crippen LogP contribution in [0.3, 0.4) is 0 Å². The minimum atomic E-state index is -0.198. The van der Waals surface area contributed by atoms with Crippen LogP contribution < -0.4 is 5.32 Å². The summed E-state index contributed by atoms with van der Waals surface area (Å²) >= 11 is 0. The average Bonchev–Trinajstić information content (AvgIpc) is 2.80. The number of carbonyl (C=O) groups is 1. The molecular formula is C13H26N2O2. The first kappa shape index (κ1) is 14.5. The van der Waals surface area contributed by atoms with Gasteiger partial charge in [-0.2, -0.15) is 0 Å².